The summed E-state index contributed by atoms with van der Waals surface area (Å²) >= 11 is 5.91. The maximum Gasteiger partial charge on any atom is 0.461 e. The van der Waals surface area contributed by atoms with E-state index in [9.17, 15) is 28.0 Å². The Kier molecular flexibility index (Phi) is 9.13. The van der Waals surface area contributed by atoms with Crippen LogP contribution in [0.3, 0.4) is 0 Å². The molecule has 20 heteroatoms. The molecule has 4 rings (SSSR count). The zero-order chi connectivity index (χ0) is 31.0. The predicted molar refractivity (Wildman–Crippen MR) is 148 cm³/mol. The largest absolute Gasteiger partial charge is 0.468 e. The van der Waals surface area contributed by atoms with E-state index in [1.165, 1.54) is 56.1 Å². The molecule has 0 bridgehead atoms. The lowest BCUT2D eigenvalue weighted by atomic mass is 9.99. The van der Waals surface area contributed by atoms with Gasteiger partial charge in [0.15, 0.2) is 23.2 Å². The average molecular weight is 650 g/mol. The summed E-state index contributed by atoms with van der Waals surface area (Å²) < 4.78 is 60.2. The molecule has 1 aliphatic heterocycles. The number of ether oxygens (including phenoxy) is 2. The highest BCUT2D eigenvalue weighted by atomic mass is 35.5. The van der Waals surface area contributed by atoms with Gasteiger partial charge in [-0.15, -0.1) is 4.83 Å². The van der Waals surface area contributed by atoms with Crippen LogP contribution in [-0.4, -0.2) is 88.6 Å². The molecule has 17 nitrogen and oxygen atoms in total. The smallest absolute Gasteiger partial charge is 0.461 e. The first-order valence-electron chi connectivity index (χ1n) is 12.1. The van der Waals surface area contributed by atoms with Crippen LogP contribution in [0.4, 0.5) is 5.82 Å². The molecule has 4 N–H and O–H groups in total. The molecule has 1 aliphatic rings. The number of aliphatic hydroxyl groups is 2. The van der Waals surface area contributed by atoms with Gasteiger partial charge in [-0.3, -0.25) is 18.9 Å². The van der Waals surface area contributed by atoms with E-state index in [4.69, 9.17) is 25.4 Å². The second-order valence-electron chi connectivity index (χ2n) is 9.49. The minimum atomic E-state index is -4.53. The number of nitrogens with zero attached hydrogens (tertiary/aromatic N) is 5. The number of hydrazine groups is 1. The van der Waals surface area contributed by atoms with Crippen molar-refractivity contribution in [2.24, 2.45) is 0 Å². The molecule has 1 fully saturated rings. The third kappa shape index (κ3) is 6.82. The number of hydrogen-bond acceptors (Lipinski definition) is 14. The van der Waals surface area contributed by atoms with Crippen molar-refractivity contribution in [2.75, 3.05) is 25.4 Å². The molecule has 1 saturated heterocycles. The van der Waals surface area contributed by atoms with Gasteiger partial charge in [-0.25, -0.2) is 27.9 Å². The lowest BCUT2D eigenvalue weighted by Gasteiger charge is -2.27. The zero-order valence-electron chi connectivity index (χ0n) is 22.9. The summed E-state index contributed by atoms with van der Waals surface area (Å²) in [5.74, 6) is -0.663. The molecular formula is C22H29ClN7O10PS. The van der Waals surface area contributed by atoms with E-state index in [1.807, 2.05) is 0 Å². The molecule has 0 amide bonds. The van der Waals surface area contributed by atoms with Gasteiger partial charge in [-0.1, -0.05) is 11.6 Å². The topological polar surface area (TPSA) is 217 Å². The van der Waals surface area contributed by atoms with Gasteiger partial charge in [0.25, 0.3) is 0 Å². The van der Waals surface area contributed by atoms with Gasteiger partial charge < -0.3 is 24.2 Å². The number of nitrogens with one attached hydrogen (secondary N) is 2. The number of carbonyl (C=O) groups excluding carboxylic acids is 1. The molecule has 230 valence electrons. The van der Waals surface area contributed by atoms with Crippen molar-refractivity contribution in [1.82, 2.24) is 29.4 Å². The summed E-state index contributed by atoms with van der Waals surface area (Å²) in [6.45, 7) is 2.59. The molecule has 3 unspecified atom stereocenters. The van der Waals surface area contributed by atoms with Crippen LogP contribution in [0.2, 0.25) is 5.02 Å². The molecule has 3 aromatic rings. The minimum absolute atomic E-state index is 0.0414. The number of hydrogen-bond donors (Lipinski definition) is 4. The Bertz CT molecular complexity index is 1610. The summed E-state index contributed by atoms with van der Waals surface area (Å²) in [7, 11) is -5.64. The fraction of sp³-hybridized carbons (Fsp3) is 0.455. The number of sulfonamides is 1. The van der Waals surface area contributed by atoms with Crippen LogP contribution in [-0.2, 0) is 33.4 Å². The monoisotopic (exact) mass is 649 g/mol. The van der Waals surface area contributed by atoms with Crippen molar-refractivity contribution in [3.8, 4) is 5.75 Å². The highest BCUT2D eigenvalue weighted by molar-refractivity contribution is 7.88. The lowest BCUT2D eigenvalue weighted by Crippen LogP contribution is -2.44. The first kappa shape index (κ1) is 32.0. The van der Waals surface area contributed by atoms with E-state index in [1.54, 1.807) is 0 Å². The van der Waals surface area contributed by atoms with Gasteiger partial charge in [0.1, 0.15) is 29.8 Å². The van der Waals surface area contributed by atoms with Crippen molar-refractivity contribution in [2.45, 2.75) is 44.1 Å². The summed E-state index contributed by atoms with van der Waals surface area (Å²) in [5, 5.41) is 26.2. The van der Waals surface area contributed by atoms with Gasteiger partial charge >= 0.3 is 13.7 Å². The normalized spacial score (nSPS) is 24.7. The van der Waals surface area contributed by atoms with E-state index >= 15 is 0 Å². The summed E-state index contributed by atoms with van der Waals surface area (Å²) in [4.78, 5) is 26.8. The number of methoxy groups -OCH3 is 1. The summed E-state index contributed by atoms with van der Waals surface area (Å²) in [6, 6.07) is 4.55. The summed E-state index contributed by atoms with van der Waals surface area (Å²) in [6.07, 6.45) is -1.67. The van der Waals surface area contributed by atoms with E-state index < -0.39 is 54.0 Å². The van der Waals surface area contributed by atoms with E-state index in [0.717, 1.165) is 24.7 Å². The SMILES string of the molecule is COC(=O)[C@H](C)NP(=O)(Oc1ccc(Cl)cc1)OC1O[C@@H](n2cnc3c(N(C)NS(C)(=O)=O)ncnc32)[C@](C)(O)C1O. The number of benzene rings is 1. The first-order chi connectivity index (χ1) is 19.5. The number of esters is 1. The van der Waals surface area contributed by atoms with E-state index in [-0.39, 0.29) is 22.7 Å². The standard InChI is InChI=1S/C22H29ClN7O10PS/c1-12(19(32)37-4)27-41(34,39-14-8-6-13(23)7-9-14)40-20-16(31)22(2,33)21(38-20)30-11-26-15-17(24-10-25-18(15)30)29(3)28-42(5,35)36/h6-12,16,20-21,28,31,33H,1-5H3,(H,27,34)/t12-,16?,20?,21+,22+,41?/m0/s1. The zero-order valence-corrected chi connectivity index (χ0v) is 25.4. The van der Waals surface area contributed by atoms with Crippen molar-refractivity contribution in [3.05, 3.63) is 41.9 Å². The molecule has 6 atom stereocenters. The quantitative estimate of drug-likeness (QED) is 0.128. The molecule has 1 aromatic carbocycles. The Labute approximate surface area is 245 Å². The molecule has 42 heavy (non-hydrogen) atoms. The first-order valence-corrected chi connectivity index (χ1v) is 15.9. The Morgan fingerprint density at radius 2 is 1.95 bits per heavy atom. The Morgan fingerprint density at radius 1 is 1.29 bits per heavy atom. The molecule has 0 aliphatic carbocycles. The third-order valence-electron chi connectivity index (χ3n) is 6.02. The second-order valence-corrected chi connectivity index (χ2v) is 13.3. The van der Waals surface area contributed by atoms with Crippen molar-refractivity contribution in [1.29, 1.82) is 0 Å². The van der Waals surface area contributed by atoms with Crippen LogP contribution in [0.15, 0.2) is 36.9 Å². The molecular weight excluding hydrogens is 621 g/mol. The van der Waals surface area contributed by atoms with Gasteiger partial charge in [-0.05, 0) is 38.1 Å². The van der Waals surface area contributed by atoms with Crippen LogP contribution in [0, 0.1) is 0 Å². The van der Waals surface area contributed by atoms with E-state index in [2.05, 4.69) is 29.6 Å². The molecule has 3 heterocycles. The second kappa shape index (κ2) is 12.0. The number of anilines is 1. The van der Waals surface area contributed by atoms with Crippen LogP contribution < -0.4 is 19.5 Å². The maximum atomic E-state index is 13.9. The third-order valence-corrected chi connectivity index (χ3v) is 8.52. The number of rotatable bonds is 11. The Hall–Kier alpha value is -2.93. The number of aliphatic hydroxyl groups excluding tert-OH is 1. The van der Waals surface area contributed by atoms with Crippen LogP contribution >= 0.6 is 19.3 Å². The van der Waals surface area contributed by atoms with Gasteiger partial charge in [0.2, 0.25) is 16.3 Å². The molecule has 2 aromatic heterocycles. The lowest BCUT2D eigenvalue weighted by molar-refractivity contribution is -0.143. The number of fused-ring (bicyclic) bond motifs is 1. The maximum absolute atomic E-state index is 13.9. The number of carbonyl (C=O) groups is 1. The van der Waals surface area contributed by atoms with Crippen LogP contribution in [0.25, 0.3) is 11.2 Å². The number of imidazole rings is 1. The Morgan fingerprint density at radius 3 is 2.57 bits per heavy atom. The van der Waals surface area contributed by atoms with Crippen molar-refractivity contribution < 1.29 is 46.5 Å². The molecule has 0 saturated carbocycles. The summed E-state index contributed by atoms with van der Waals surface area (Å²) in [5.41, 5.74) is -1.86. The van der Waals surface area contributed by atoms with Gasteiger partial charge in [-0.2, -0.15) is 5.09 Å². The molecule has 0 spiro atoms. The van der Waals surface area contributed by atoms with Crippen molar-refractivity contribution >= 4 is 52.3 Å². The highest BCUT2D eigenvalue weighted by Crippen LogP contribution is 2.51. The predicted octanol–water partition coefficient (Wildman–Crippen LogP) is 0.702. The van der Waals surface area contributed by atoms with Gasteiger partial charge in [0.05, 0.1) is 19.7 Å². The highest BCUT2D eigenvalue weighted by Gasteiger charge is 2.56. The van der Waals surface area contributed by atoms with Gasteiger partial charge in [0, 0.05) is 12.1 Å². The Balaban J connectivity index is 1.65. The van der Waals surface area contributed by atoms with Crippen LogP contribution in [0.1, 0.15) is 20.1 Å². The number of halogens is 1. The van der Waals surface area contributed by atoms with E-state index in [0.29, 0.717) is 5.02 Å². The van der Waals surface area contributed by atoms with Crippen molar-refractivity contribution in [3.63, 3.8) is 0 Å². The molecule has 0 radical (unpaired) electrons. The number of aromatic nitrogens is 4. The fourth-order valence-corrected chi connectivity index (χ4v) is 6.34. The fourth-order valence-electron chi connectivity index (χ4n) is 4.06. The minimum Gasteiger partial charge on any atom is -0.468 e. The van der Waals surface area contributed by atoms with Crippen LogP contribution in [0.5, 0.6) is 5.75 Å². The average Bonchev–Trinajstić information content (AvgIpc) is 3.42.